The average Bonchev–Trinajstić information content (AvgIpc) is 2.11. The van der Waals surface area contributed by atoms with Crippen LogP contribution in [0.5, 0.6) is 0 Å². The van der Waals surface area contributed by atoms with Crippen LogP contribution in [0, 0.1) is 5.92 Å². The average molecular weight is 238 g/mol. The fourth-order valence-corrected chi connectivity index (χ4v) is 2.16. The number of hydrogen-bond acceptors (Lipinski definition) is 4. The molecule has 0 radical (unpaired) electrons. The molecule has 2 N–H and O–H groups in total. The third-order valence-electron chi connectivity index (χ3n) is 1.95. The molecule has 0 aliphatic carbocycles. The van der Waals surface area contributed by atoms with E-state index in [4.69, 9.17) is 10.2 Å². The minimum Gasteiger partial charge on any atom is -0.481 e. The summed E-state index contributed by atoms with van der Waals surface area (Å²) in [6, 6.07) is 0. The number of rotatable bonds is 7. The molecule has 0 aromatic rings. The summed E-state index contributed by atoms with van der Waals surface area (Å²) in [7, 11) is -3.39. The molecule has 1 unspecified atom stereocenters. The summed E-state index contributed by atoms with van der Waals surface area (Å²) in [4.78, 5) is 20.9. The number of hydrogen-bond donors (Lipinski definition) is 2. The summed E-state index contributed by atoms with van der Waals surface area (Å²) < 4.78 is 22.3. The molecule has 0 saturated heterocycles. The number of carboxylic acids is 2. The SMILES string of the molecule is CCS(=O)(=O)CC(CCC(=O)O)C(=O)O. The first-order valence-electron chi connectivity index (χ1n) is 4.43. The lowest BCUT2D eigenvalue weighted by atomic mass is 10.1. The highest BCUT2D eigenvalue weighted by atomic mass is 32.2. The maximum absolute atomic E-state index is 11.1. The Morgan fingerprint density at radius 1 is 1.27 bits per heavy atom. The summed E-state index contributed by atoms with van der Waals surface area (Å²) in [6.45, 7) is 1.42. The predicted molar refractivity (Wildman–Crippen MR) is 52.3 cm³/mol. The van der Waals surface area contributed by atoms with Gasteiger partial charge in [-0.1, -0.05) is 6.92 Å². The molecular formula is C8H14O6S. The second-order valence-electron chi connectivity index (χ2n) is 3.17. The van der Waals surface area contributed by atoms with E-state index in [2.05, 4.69) is 0 Å². The Morgan fingerprint density at radius 3 is 2.13 bits per heavy atom. The predicted octanol–water partition coefficient (Wildman–Crippen LogP) is -0.0133. The molecule has 0 aliphatic rings. The van der Waals surface area contributed by atoms with E-state index < -0.39 is 33.4 Å². The second kappa shape index (κ2) is 5.69. The molecule has 0 aromatic heterocycles. The quantitative estimate of drug-likeness (QED) is 0.645. The molecule has 0 fully saturated rings. The summed E-state index contributed by atoms with van der Waals surface area (Å²) >= 11 is 0. The van der Waals surface area contributed by atoms with Gasteiger partial charge in [0.1, 0.15) is 0 Å². The largest absolute Gasteiger partial charge is 0.481 e. The van der Waals surface area contributed by atoms with Crippen LogP contribution in [0.1, 0.15) is 19.8 Å². The summed E-state index contributed by atoms with van der Waals surface area (Å²) in [5.74, 6) is -4.16. The van der Waals surface area contributed by atoms with Crippen molar-refractivity contribution in [1.29, 1.82) is 0 Å². The van der Waals surface area contributed by atoms with Crippen molar-refractivity contribution in [2.24, 2.45) is 5.92 Å². The molecule has 0 heterocycles. The van der Waals surface area contributed by atoms with E-state index in [0.29, 0.717) is 0 Å². The molecule has 7 heteroatoms. The second-order valence-corrected chi connectivity index (χ2v) is 5.56. The van der Waals surface area contributed by atoms with Gasteiger partial charge < -0.3 is 10.2 Å². The van der Waals surface area contributed by atoms with Crippen molar-refractivity contribution >= 4 is 21.8 Å². The van der Waals surface area contributed by atoms with Crippen LogP contribution in [0.3, 0.4) is 0 Å². The zero-order chi connectivity index (χ0) is 12.1. The van der Waals surface area contributed by atoms with Crippen LogP contribution in [0.2, 0.25) is 0 Å². The molecule has 0 bridgehead atoms. The van der Waals surface area contributed by atoms with Crippen molar-refractivity contribution in [3.63, 3.8) is 0 Å². The number of carbonyl (C=O) groups is 2. The van der Waals surface area contributed by atoms with Crippen LogP contribution in [0.4, 0.5) is 0 Å². The first-order chi connectivity index (χ1) is 6.78. The molecule has 0 aromatic carbocycles. The molecule has 1 atom stereocenters. The maximum atomic E-state index is 11.1. The zero-order valence-electron chi connectivity index (χ0n) is 8.34. The Kier molecular flexibility index (Phi) is 5.27. The first-order valence-corrected chi connectivity index (χ1v) is 6.25. The van der Waals surface area contributed by atoms with Crippen LogP contribution >= 0.6 is 0 Å². The van der Waals surface area contributed by atoms with Crippen molar-refractivity contribution < 1.29 is 28.2 Å². The Hall–Kier alpha value is -1.11. The third-order valence-corrected chi connectivity index (χ3v) is 3.74. The first kappa shape index (κ1) is 13.9. The lowest BCUT2D eigenvalue weighted by Crippen LogP contribution is -2.25. The minimum atomic E-state index is -3.39. The Morgan fingerprint density at radius 2 is 1.80 bits per heavy atom. The Labute approximate surface area is 87.8 Å². The molecule has 0 amide bonds. The van der Waals surface area contributed by atoms with Crippen molar-refractivity contribution in [1.82, 2.24) is 0 Å². The Bertz CT molecular complexity index is 331. The minimum absolute atomic E-state index is 0.135. The number of sulfone groups is 1. The van der Waals surface area contributed by atoms with E-state index in [0.717, 1.165) is 0 Å². The maximum Gasteiger partial charge on any atom is 0.307 e. The van der Waals surface area contributed by atoms with E-state index >= 15 is 0 Å². The number of carboxylic acid groups (broad SMARTS) is 2. The van der Waals surface area contributed by atoms with Gasteiger partial charge in [-0.05, 0) is 6.42 Å². The molecule has 0 aliphatic heterocycles. The van der Waals surface area contributed by atoms with Gasteiger partial charge in [0.05, 0.1) is 11.7 Å². The fourth-order valence-electron chi connectivity index (χ4n) is 1.00. The van der Waals surface area contributed by atoms with Gasteiger partial charge in [0.15, 0.2) is 9.84 Å². The van der Waals surface area contributed by atoms with Gasteiger partial charge in [0, 0.05) is 12.2 Å². The van der Waals surface area contributed by atoms with Gasteiger partial charge in [0.25, 0.3) is 0 Å². The number of aliphatic carboxylic acids is 2. The van der Waals surface area contributed by atoms with Gasteiger partial charge >= 0.3 is 11.9 Å². The standard InChI is InChI=1S/C8H14O6S/c1-2-15(13,14)5-6(8(11)12)3-4-7(9)10/h6H,2-5H2,1H3,(H,9,10)(H,11,12). The van der Waals surface area contributed by atoms with Gasteiger partial charge in [0.2, 0.25) is 0 Å². The summed E-state index contributed by atoms with van der Waals surface area (Å²) in [6.07, 6.45) is -0.500. The molecule has 88 valence electrons. The van der Waals surface area contributed by atoms with E-state index in [9.17, 15) is 18.0 Å². The van der Waals surface area contributed by atoms with Crippen molar-refractivity contribution in [3.8, 4) is 0 Å². The topological polar surface area (TPSA) is 109 Å². The highest BCUT2D eigenvalue weighted by Crippen LogP contribution is 2.10. The van der Waals surface area contributed by atoms with Crippen LogP contribution in [0.25, 0.3) is 0 Å². The van der Waals surface area contributed by atoms with Crippen molar-refractivity contribution in [2.45, 2.75) is 19.8 Å². The fraction of sp³-hybridized carbons (Fsp3) is 0.750. The van der Waals surface area contributed by atoms with Gasteiger partial charge in [-0.25, -0.2) is 8.42 Å². The molecular weight excluding hydrogens is 224 g/mol. The van der Waals surface area contributed by atoms with E-state index in [1.807, 2.05) is 0 Å². The highest BCUT2D eigenvalue weighted by Gasteiger charge is 2.24. The molecule has 6 nitrogen and oxygen atoms in total. The molecule has 15 heavy (non-hydrogen) atoms. The van der Waals surface area contributed by atoms with Crippen LogP contribution in [0.15, 0.2) is 0 Å². The van der Waals surface area contributed by atoms with Gasteiger partial charge in [-0.15, -0.1) is 0 Å². The van der Waals surface area contributed by atoms with E-state index in [1.54, 1.807) is 0 Å². The van der Waals surface area contributed by atoms with Crippen LogP contribution in [-0.4, -0.2) is 42.1 Å². The van der Waals surface area contributed by atoms with Gasteiger partial charge in [-0.2, -0.15) is 0 Å². The summed E-state index contributed by atoms with van der Waals surface area (Å²) in [5.41, 5.74) is 0. The zero-order valence-corrected chi connectivity index (χ0v) is 9.16. The van der Waals surface area contributed by atoms with Crippen LogP contribution < -0.4 is 0 Å². The van der Waals surface area contributed by atoms with Gasteiger partial charge in [-0.3, -0.25) is 9.59 Å². The Balaban J connectivity index is 4.42. The van der Waals surface area contributed by atoms with Crippen LogP contribution in [-0.2, 0) is 19.4 Å². The molecule has 0 spiro atoms. The third kappa shape index (κ3) is 6.05. The van der Waals surface area contributed by atoms with Crippen molar-refractivity contribution in [3.05, 3.63) is 0 Å². The lowest BCUT2D eigenvalue weighted by Gasteiger charge is -2.10. The lowest BCUT2D eigenvalue weighted by molar-refractivity contribution is -0.142. The normalized spacial score (nSPS) is 13.4. The highest BCUT2D eigenvalue weighted by molar-refractivity contribution is 7.91. The smallest absolute Gasteiger partial charge is 0.307 e. The van der Waals surface area contributed by atoms with E-state index in [1.165, 1.54) is 6.92 Å². The van der Waals surface area contributed by atoms with E-state index in [-0.39, 0.29) is 18.6 Å². The van der Waals surface area contributed by atoms with Crippen molar-refractivity contribution in [2.75, 3.05) is 11.5 Å². The molecule has 0 saturated carbocycles. The molecule has 0 rings (SSSR count). The summed E-state index contributed by atoms with van der Waals surface area (Å²) in [5, 5.41) is 17.0. The monoisotopic (exact) mass is 238 g/mol.